The molecule has 3 rings (SSSR count). The molecule has 0 aromatic heterocycles. The van der Waals surface area contributed by atoms with E-state index in [9.17, 15) is 0 Å². The zero-order valence-corrected chi connectivity index (χ0v) is 10.5. The highest BCUT2D eigenvalue weighted by atomic mass is 15.0. The van der Waals surface area contributed by atoms with Crippen LogP contribution in [0.5, 0.6) is 0 Å². The predicted molar refractivity (Wildman–Crippen MR) is 59.9 cm³/mol. The summed E-state index contributed by atoms with van der Waals surface area (Å²) >= 11 is 0. The summed E-state index contributed by atoms with van der Waals surface area (Å²) in [7, 11) is 0. The molecular weight excluding hydrogens is 168 g/mol. The van der Waals surface area contributed by atoms with Crippen LogP contribution in [-0.2, 0) is 0 Å². The van der Waals surface area contributed by atoms with E-state index in [1.54, 1.807) is 0 Å². The Morgan fingerprint density at radius 3 is 1.93 bits per heavy atom. The Bertz CT molecular complexity index is 282. The minimum atomic E-state index is 0.531. The summed E-state index contributed by atoms with van der Waals surface area (Å²) in [5.74, 6) is 4.09. The van der Waals surface area contributed by atoms with Gasteiger partial charge in [-0.3, -0.25) is 0 Å². The maximum Gasteiger partial charge on any atom is -0.0196 e. The first-order chi connectivity index (χ1) is 6.25. The van der Waals surface area contributed by atoms with Gasteiger partial charge >= 0.3 is 0 Å². The van der Waals surface area contributed by atoms with Crippen molar-refractivity contribution < 1.29 is 0 Å². The lowest BCUT2D eigenvalue weighted by molar-refractivity contribution is 0.0290. The molecule has 0 heteroatoms. The van der Waals surface area contributed by atoms with Gasteiger partial charge in [-0.15, -0.1) is 0 Å². The van der Waals surface area contributed by atoms with Gasteiger partial charge in [0.2, 0.25) is 0 Å². The molecule has 0 nitrogen and oxygen atoms in total. The van der Waals surface area contributed by atoms with Crippen molar-refractivity contribution >= 4 is 0 Å². The van der Waals surface area contributed by atoms with Crippen molar-refractivity contribution in [3.63, 3.8) is 0 Å². The van der Waals surface area contributed by atoms with Gasteiger partial charge in [0.1, 0.15) is 0 Å². The second-order valence-corrected chi connectivity index (χ2v) is 7.66. The third kappa shape index (κ3) is 0.657. The van der Waals surface area contributed by atoms with Crippen molar-refractivity contribution in [3.8, 4) is 0 Å². The van der Waals surface area contributed by atoms with Crippen LogP contribution < -0.4 is 0 Å². The van der Waals surface area contributed by atoms with Crippen molar-refractivity contribution in [2.75, 3.05) is 0 Å². The Morgan fingerprint density at radius 2 is 1.57 bits per heavy atom. The molecule has 0 spiro atoms. The van der Waals surface area contributed by atoms with Crippen molar-refractivity contribution in [2.45, 2.75) is 48.0 Å². The second kappa shape index (κ2) is 1.95. The van der Waals surface area contributed by atoms with E-state index in [1.165, 1.54) is 6.42 Å². The predicted octanol–water partition coefficient (Wildman–Crippen LogP) is 3.96. The third-order valence-corrected chi connectivity index (χ3v) is 6.50. The topological polar surface area (TPSA) is 0 Å². The summed E-state index contributed by atoms with van der Waals surface area (Å²) in [6.45, 7) is 14.9. The quantitative estimate of drug-likeness (QED) is 0.545. The average Bonchev–Trinajstić information content (AvgIpc) is 2.67. The molecule has 0 aromatic carbocycles. The van der Waals surface area contributed by atoms with Gasteiger partial charge in [-0.25, -0.2) is 0 Å². The third-order valence-electron chi connectivity index (χ3n) is 6.50. The van der Waals surface area contributed by atoms with Crippen LogP contribution in [0.4, 0.5) is 0 Å². The number of rotatable bonds is 0. The van der Waals surface area contributed by atoms with E-state index < -0.39 is 0 Å². The largest absolute Gasteiger partial charge is 0.0619 e. The maximum absolute atomic E-state index is 2.54. The van der Waals surface area contributed by atoms with Crippen molar-refractivity contribution in [1.82, 2.24) is 0 Å². The molecule has 0 amide bonds. The molecular formula is C14H24. The summed E-state index contributed by atoms with van der Waals surface area (Å²) in [5, 5.41) is 0. The van der Waals surface area contributed by atoms with Crippen LogP contribution in [-0.4, -0.2) is 0 Å². The van der Waals surface area contributed by atoms with Crippen LogP contribution in [0.3, 0.4) is 0 Å². The van der Waals surface area contributed by atoms with Gasteiger partial charge in [0.05, 0.1) is 0 Å². The summed E-state index contributed by atoms with van der Waals surface area (Å²) in [5.41, 5.74) is 2.10. The minimum absolute atomic E-state index is 0.531. The highest BCUT2D eigenvalue weighted by molar-refractivity contribution is 5.41. The van der Waals surface area contributed by atoms with Crippen LogP contribution in [0.1, 0.15) is 48.0 Å². The zero-order valence-electron chi connectivity index (χ0n) is 10.5. The van der Waals surface area contributed by atoms with E-state index in [-0.39, 0.29) is 0 Å². The smallest absolute Gasteiger partial charge is 0.0196 e. The molecule has 3 saturated carbocycles. The van der Waals surface area contributed by atoms with Crippen molar-refractivity contribution in [3.05, 3.63) is 0 Å². The lowest BCUT2D eigenvalue weighted by atomic mass is 9.59. The molecule has 80 valence electrons. The minimum Gasteiger partial charge on any atom is -0.0619 e. The first-order valence-electron chi connectivity index (χ1n) is 6.25. The van der Waals surface area contributed by atoms with Crippen LogP contribution in [0.25, 0.3) is 0 Å². The molecule has 3 aliphatic rings. The zero-order chi connectivity index (χ0) is 10.5. The summed E-state index contributed by atoms with van der Waals surface area (Å²) in [4.78, 5) is 0. The SMILES string of the molecule is C[C@@H]1C2C3(C)C(C[C@H]1C(C)(C)C)C23C. The fourth-order valence-electron chi connectivity index (χ4n) is 5.63. The fraction of sp³-hybridized carbons (Fsp3) is 1.00. The van der Waals surface area contributed by atoms with Gasteiger partial charge in [-0.2, -0.15) is 0 Å². The molecule has 0 N–H and O–H groups in total. The van der Waals surface area contributed by atoms with Gasteiger partial charge in [-0.05, 0) is 46.3 Å². The lowest BCUT2D eigenvalue weighted by Gasteiger charge is -2.45. The molecule has 4 atom stereocenters. The Kier molecular flexibility index (Phi) is 1.29. The molecule has 0 saturated heterocycles. The normalized spacial score (nSPS) is 64.7. The van der Waals surface area contributed by atoms with E-state index in [1.807, 2.05) is 0 Å². The molecule has 0 bridgehead atoms. The van der Waals surface area contributed by atoms with E-state index in [2.05, 4.69) is 41.5 Å². The van der Waals surface area contributed by atoms with E-state index >= 15 is 0 Å². The molecule has 3 fully saturated rings. The fourth-order valence-corrected chi connectivity index (χ4v) is 5.63. The molecule has 0 aromatic rings. The van der Waals surface area contributed by atoms with Gasteiger partial charge in [0.25, 0.3) is 0 Å². The van der Waals surface area contributed by atoms with E-state index in [4.69, 9.17) is 0 Å². The monoisotopic (exact) mass is 192 g/mol. The number of fused-ring (bicyclic) bond motifs is 2. The van der Waals surface area contributed by atoms with Gasteiger partial charge in [0, 0.05) is 0 Å². The van der Waals surface area contributed by atoms with Gasteiger partial charge in [-0.1, -0.05) is 41.5 Å². The number of hydrogen-bond acceptors (Lipinski definition) is 0. The van der Waals surface area contributed by atoms with Gasteiger partial charge < -0.3 is 0 Å². The standard InChI is InChI=1S/C14H24/c1-8-9(12(2,3)4)7-10-13(5)11(8)14(10,13)6/h8-11H,7H2,1-6H3/t8-,9+,10?,11?,13?,14?/m0/s1. The summed E-state index contributed by atoms with van der Waals surface area (Å²) in [6, 6.07) is 0. The first-order valence-corrected chi connectivity index (χ1v) is 6.25. The van der Waals surface area contributed by atoms with Crippen LogP contribution in [0.15, 0.2) is 0 Å². The van der Waals surface area contributed by atoms with E-state index in [0.29, 0.717) is 5.41 Å². The Hall–Kier alpha value is 0. The molecule has 0 radical (unpaired) electrons. The summed E-state index contributed by atoms with van der Waals surface area (Å²) in [6.07, 6.45) is 1.51. The highest BCUT2D eigenvalue weighted by Crippen LogP contribution is 2.99. The molecule has 2 unspecified atom stereocenters. The Labute approximate surface area is 88.5 Å². The maximum atomic E-state index is 2.54. The molecule has 14 heavy (non-hydrogen) atoms. The van der Waals surface area contributed by atoms with Crippen molar-refractivity contribution in [2.24, 2.45) is 39.9 Å². The van der Waals surface area contributed by atoms with Crippen LogP contribution in [0.2, 0.25) is 0 Å². The van der Waals surface area contributed by atoms with Crippen molar-refractivity contribution in [1.29, 1.82) is 0 Å². The van der Waals surface area contributed by atoms with Crippen LogP contribution >= 0.6 is 0 Å². The highest BCUT2D eigenvalue weighted by Gasteiger charge is 2.94. The number of hydrogen-bond donors (Lipinski definition) is 0. The lowest BCUT2D eigenvalue weighted by Crippen LogP contribution is -2.39. The van der Waals surface area contributed by atoms with E-state index in [0.717, 1.165) is 34.5 Å². The molecule has 0 heterocycles. The Morgan fingerprint density at radius 1 is 1.07 bits per heavy atom. The summed E-state index contributed by atoms with van der Waals surface area (Å²) < 4.78 is 0. The first kappa shape index (κ1) is 9.24. The molecule has 0 aliphatic heterocycles. The average molecular weight is 192 g/mol. The second-order valence-electron chi connectivity index (χ2n) is 7.66. The Balaban J connectivity index is 1.86. The van der Waals surface area contributed by atoms with Crippen LogP contribution in [0, 0.1) is 39.9 Å². The van der Waals surface area contributed by atoms with Gasteiger partial charge in [0.15, 0.2) is 0 Å². The molecule has 3 aliphatic carbocycles.